The second-order valence-corrected chi connectivity index (χ2v) is 5.63. The smallest absolute Gasteiger partial charge is 0.236 e. The van der Waals surface area contributed by atoms with Crippen molar-refractivity contribution in [1.82, 2.24) is 5.32 Å². The van der Waals surface area contributed by atoms with Gasteiger partial charge in [0, 0.05) is 12.5 Å². The first kappa shape index (κ1) is 19.3. The number of carbonyl (C=O) groups is 1. The van der Waals surface area contributed by atoms with E-state index in [0.717, 1.165) is 18.6 Å². The molecule has 2 atom stereocenters. The van der Waals surface area contributed by atoms with Crippen LogP contribution in [-0.2, 0) is 4.79 Å². The summed E-state index contributed by atoms with van der Waals surface area (Å²) in [6.07, 6.45) is 3.76. The summed E-state index contributed by atoms with van der Waals surface area (Å²) in [5, 5.41) is 2.97. The highest BCUT2D eigenvalue weighted by Gasteiger charge is 2.15. The van der Waals surface area contributed by atoms with Crippen molar-refractivity contribution in [2.45, 2.75) is 31.7 Å². The highest BCUT2D eigenvalue weighted by atomic mass is 35.5. The van der Waals surface area contributed by atoms with Gasteiger partial charge in [0.05, 0.1) is 6.04 Å². The van der Waals surface area contributed by atoms with Crippen LogP contribution in [0.15, 0.2) is 30.3 Å². The lowest BCUT2D eigenvalue weighted by Crippen LogP contribution is -2.42. The van der Waals surface area contributed by atoms with Crippen LogP contribution in [-0.4, -0.2) is 30.5 Å². The van der Waals surface area contributed by atoms with Gasteiger partial charge >= 0.3 is 0 Å². The zero-order chi connectivity index (χ0) is 14.1. The summed E-state index contributed by atoms with van der Waals surface area (Å²) in [7, 11) is 0. The molecule has 5 heteroatoms. The molecule has 0 saturated heterocycles. The normalized spacial score (nSPS) is 13.2. The van der Waals surface area contributed by atoms with Crippen LogP contribution in [0.5, 0.6) is 0 Å². The van der Waals surface area contributed by atoms with E-state index in [4.69, 9.17) is 5.73 Å². The molecule has 3 nitrogen and oxygen atoms in total. The molecule has 0 aromatic heterocycles. The Labute approximate surface area is 132 Å². The average Bonchev–Trinajstić information content (AvgIpc) is 2.46. The molecule has 1 rings (SSSR count). The van der Waals surface area contributed by atoms with Crippen LogP contribution in [0.2, 0.25) is 0 Å². The summed E-state index contributed by atoms with van der Waals surface area (Å²) in [4.78, 5) is 11.9. The van der Waals surface area contributed by atoms with Crippen molar-refractivity contribution < 1.29 is 4.79 Å². The van der Waals surface area contributed by atoms with E-state index in [1.165, 1.54) is 5.56 Å². The Morgan fingerprint density at radius 1 is 1.35 bits per heavy atom. The number of halogens is 1. The first-order valence-corrected chi connectivity index (χ1v) is 8.15. The number of nitrogens with one attached hydrogen (secondary N) is 1. The number of rotatable bonds is 8. The summed E-state index contributed by atoms with van der Waals surface area (Å²) in [6, 6.07) is 9.89. The maximum absolute atomic E-state index is 11.9. The second-order valence-electron chi connectivity index (χ2n) is 4.65. The highest BCUT2D eigenvalue weighted by Crippen LogP contribution is 2.17. The van der Waals surface area contributed by atoms with Crippen molar-refractivity contribution in [3.05, 3.63) is 35.9 Å². The zero-order valence-corrected chi connectivity index (χ0v) is 13.8. The van der Waals surface area contributed by atoms with Gasteiger partial charge in [-0.05, 0) is 30.4 Å². The van der Waals surface area contributed by atoms with E-state index in [-0.39, 0.29) is 24.4 Å². The van der Waals surface area contributed by atoms with Gasteiger partial charge in [0.15, 0.2) is 0 Å². The third kappa shape index (κ3) is 6.64. The lowest BCUT2D eigenvalue weighted by atomic mass is 9.96. The van der Waals surface area contributed by atoms with E-state index < -0.39 is 0 Å². The zero-order valence-electron chi connectivity index (χ0n) is 12.2. The summed E-state index contributed by atoms with van der Waals surface area (Å²) >= 11 is 1.71. The topological polar surface area (TPSA) is 55.1 Å². The molecule has 0 radical (unpaired) electrons. The van der Waals surface area contributed by atoms with E-state index in [1.54, 1.807) is 11.8 Å². The number of thioether (sulfide) groups is 1. The maximum Gasteiger partial charge on any atom is 0.236 e. The summed E-state index contributed by atoms with van der Waals surface area (Å²) in [5.41, 5.74) is 7.11. The Hall–Kier alpha value is -0.710. The van der Waals surface area contributed by atoms with Crippen molar-refractivity contribution in [1.29, 1.82) is 0 Å². The fourth-order valence-corrected chi connectivity index (χ4v) is 2.44. The van der Waals surface area contributed by atoms with Crippen molar-refractivity contribution >= 4 is 30.1 Å². The molecular formula is C15H25ClN2OS. The predicted octanol–water partition coefficient (Wildman–Crippen LogP) is 2.80. The van der Waals surface area contributed by atoms with Crippen molar-refractivity contribution in [3.63, 3.8) is 0 Å². The lowest BCUT2D eigenvalue weighted by molar-refractivity contribution is -0.122. The Kier molecular flexibility index (Phi) is 10.6. The number of carbonyl (C=O) groups excluding carboxylic acids is 1. The third-order valence-electron chi connectivity index (χ3n) is 3.26. The van der Waals surface area contributed by atoms with E-state index in [1.807, 2.05) is 24.5 Å². The standard InChI is InChI=1S/C15H24N2OS.ClH/c1-3-12(13-7-5-4-6-8-13)11-17-15(18)14(16)9-10-19-2;/h4-8,12,14H,3,9-11,16H2,1-2H3,(H,17,18);1H. The van der Waals surface area contributed by atoms with Gasteiger partial charge in [0.1, 0.15) is 0 Å². The fraction of sp³-hybridized carbons (Fsp3) is 0.533. The first-order chi connectivity index (χ1) is 9.19. The van der Waals surface area contributed by atoms with E-state index in [9.17, 15) is 4.79 Å². The minimum absolute atomic E-state index is 0. The highest BCUT2D eigenvalue weighted by molar-refractivity contribution is 7.98. The van der Waals surface area contributed by atoms with Gasteiger partial charge in [-0.15, -0.1) is 12.4 Å². The van der Waals surface area contributed by atoms with Gasteiger partial charge in [-0.25, -0.2) is 0 Å². The van der Waals surface area contributed by atoms with Crippen molar-refractivity contribution in [2.75, 3.05) is 18.6 Å². The number of hydrogen-bond donors (Lipinski definition) is 2. The monoisotopic (exact) mass is 316 g/mol. The first-order valence-electron chi connectivity index (χ1n) is 6.76. The number of amides is 1. The molecule has 1 amide bonds. The molecule has 0 aliphatic rings. The van der Waals surface area contributed by atoms with Gasteiger partial charge < -0.3 is 11.1 Å². The Morgan fingerprint density at radius 2 is 2.00 bits per heavy atom. The van der Waals surface area contributed by atoms with Gasteiger partial charge in [-0.2, -0.15) is 11.8 Å². The summed E-state index contributed by atoms with van der Waals surface area (Å²) in [5.74, 6) is 1.24. The number of hydrogen-bond acceptors (Lipinski definition) is 3. The van der Waals surface area contributed by atoms with Crippen LogP contribution < -0.4 is 11.1 Å². The van der Waals surface area contributed by atoms with Gasteiger partial charge in [-0.3, -0.25) is 4.79 Å². The molecule has 3 N–H and O–H groups in total. The Balaban J connectivity index is 0.00000361. The molecule has 0 spiro atoms. The molecule has 114 valence electrons. The molecule has 0 saturated carbocycles. The maximum atomic E-state index is 11.9. The van der Waals surface area contributed by atoms with Crippen LogP contribution in [0, 0.1) is 0 Å². The molecule has 1 aromatic rings. The lowest BCUT2D eigenvalue weighted by Gasteiger charge is -2.18. The quantitative estimate of drug-likeness (QED) is 0.775. The number of nitrogens with two attached hydrogens (primary N) is 1. The van der Waals surface area contributed by atoms with Crippen LogP contribution in [0.1, 0.15) is 31.2 Å². The van der Waals surface area contributed by atoms with E-state index in [2.05, 4.69) is 24.4 Å². The molecular weight excluding hydrogens is 292 g/mol. The average molecular weight is 317 g/mol. The van der Waals surface area contributed by atoms with Gasteiger partial charge in [0.25, 0.3) is 0 Å². The minimum atomic E-state index is -0.388. The molecule has 2 unspecified atom stereocenters. The minimum Gasteiger partial charge on any atom is -0.354 e. The van der Waals surface area contributed by atoms with Crippen LogP contribution in [0.4, 0.5) is 0 Å². The SMILES string of the molecule is CCC(CNC(=O)C(N)CCSC)c1ccccc1.Cl. The predicted molar refractivity (Wildman–Crippen MR) is 90.7 cm³/mol. The molecule has 1 aromatic carbocycles. The molecule has 0 aliphatic carbocycles. The fourth-order valence-electron chi connectivity index (χ4n) is 1.95. The van der Waals surface area contributed by atoms with Crippen LogP contribution in [0.3, 0.4) is 0 Å². The van der Waals surface area contributed by atoms with Gasteiger partial charge in [-0.1, -0.05) is 37.3 Å². The van der Waals surface area contributed by atoms with Crippen molar-refractivity contribution in [3.8, 4) is 0 Å². The van der Waals surface area contributed by atoms with E-state index >= 15 is 0 Å². The molecule has 0 aliphatic heterocycles. The van der Waals surface area contributed by atoms with Crippen LogP contribution in [0.25, 0.3) is 0 Å². The summed E-state index contributed by atoms with van der Waals surface area (Å²) in [6.45, 7) is 2.80. The molecule has 0 heterocycles. The largest absolute Gasteiger partial charge is 0.354 e. The van der Waals surface area contributed by atoms with E-state index in [0.29, 0.717) is 12.5 Å². The summed E-state index contributed by atoms with van der Waals surface area (Å²) < 4.78 is 0. The third-order valence-corrected chi connectivity index (χ3v) is 3.90. The second kappa shape index (κ2) is 11.0. The Morgan fingerprint density at radius 3 is 2.55 bits per heavy atom. The Bertz CT molecular complexity index is 375. The van der Waals surface area contributed by atoms with Gasteiger partial charge in [0.2, 0.25) is 5.91 Å². The molecule has 0 bridgehead atoms. The van der Waals surface area contributed by atoms with Crippen LogP contribution >= 0.6 is 24.2 Å². The van der Waals surface area contributed by atoms with Crippen molar-refractivity contribution in [2.24, 2.45) is 5.73 Å². The molecule has 0 fully saturated rings. The molecule has 20 heavy (non-hydrogen) atoms. The number of benzene rings is 1.